The van der Waals surface area contributed by atoms with E-state index in [1.165, 1.54) is 11.3 Å². The summed E-state index contributed by atoms with van der Waals surface area (Å²) in [5.74, 6) is -0.124. The Labute approximate surface area is 139 Å². The second-order valence-corrected chi connectivity index (χ2v) is 6.66. The third kappa shape index (κ3) is 3.68. The number of amides is 1. The Morgan fingerprint density at radius 3 is 2.91 bits per heavy atom. The van der Waals surface area contributed by atoms with Gasteiger partial charge < -0.3 is 10.1 Å². The monoisotopic (exact) mass is 329 g/mol. The van der Waals surface area contributed by atoms with Crippen molar-refractivity contribution in [2.45, 2.75) is 31.9 Å². The van der Waals surface area contributed by atoms with Gasteiger partial charge in [-0.15, -0.1) is 11.3 Å². The van der Waals surface area contributed by atoms with Gasteiger partial charge in [-0.05, 0) is 35.9 Å². The summed E-state index contributed by atoms with van der Waals surface area (Å²) in [4.78, 5) is 25.3. The van der Waals surface area contributed by atoms with Crippen molar-refractivity contribution in [2.24, 2.45) is 0 Å². The maximum atomic E-state index is 12.5. The van der Waals surface area contributed by atoms with Crippen LogP contribution in [-0.4, -0.2) is 24.3 Å². The molecule has 1 N–H and O–H groups in total. The van der Waals surface area contributed by atoms with Gasteiger partial charge in [0.05, 0.1) is 11.5 Å². The summed E-state index contributed by atoms with van der Waals surface area (Å²) >= 11 is 1.42. The molecule has 23 heavy (non-hydrogen) atoms. The Balaban J connectivity index is 1.62. The van der Waals surface area contributed by atoms with Crippen LogP contribution in [0.5, 0.6) is 0 Å². The van der Waals surface area contributed by atoms with E-state index in [0.717, 1.165) is 22.4 Å². The molecule has 0 radical (unpaired) electrons. The van der Waals surface area contributed by atoms with Crippen molar-refractivity contribution in [3.63, 3.8) is 0 Å². The van der Waals surface area contributed by atoms with Gasteiger partial charge >= 0.3 is 0 Å². The Hall–Kier alpha value is -1.98. The minimum Gasteiger partial charge on any atom is -0.363 e. The molecule has 5 heteroatoms. The van der Waals surface area contributed by atoms with E-state index < -0.39 is 6.10 Å². The topological polar surface area (TPSA) is 55.4 Å². The van der Waals surface area contributed by atoms with Crippen molar-refractivity contribution in [1.29, 1.82) is 0 Å². The zero-order valence-corrected chi connectivity index (χ0v) is 13.8. The number of nitrogens with one attached hydrogen (secondary N) is 1. The molecule has 1 aliphatic heterocycles. The first-order valence-corrected chi connectivity index (χ1v) is 8.59. The maximum Gasteiger partial charge on any atom is 0.253 e. The van der Waals surface area contributed by atoms with Crippen molar-refractivity contribution in [3.05, 3.63) is 57.8 Å². The van der Waals surface area contributed by atoms with Gasteiger partial charge in [0.1, 0.15) is 0 Å². The number of ketones is 1. The quantitative estimate of drug-likeness (QED) is 0.858. The molecular formula is C18H19NO3S. The molecule has 3 rings (SSSR count). The molecule has 0 bridgehead atoms. The van der Waals surface area contributed by atoms with Crippen LogP contribution in [0.2, 0.25) is 0 Å². The average molecular weight is 329 g/mol. The smallest absolute Gasteiger partial charge is 0.253 e. The lowest BCUT2D eigenvalue weighted by Gasteiger charge is -2.26. The molecule has 120 valence electrons. The first-order valence-electron chi connectivity index (χ1n) is 7.71. The number of hydrogen-bond acceptors (Lipinski definition) is 4. The van der Waals surface area contributed by atoms with E-state index in [-0.39, 0.29) is 17.7 Å². The van der Waals surface area contributed by atoms with E-state index in [1.54, 1.807) is 0 Å². The van der Waals surface area contributed by atoms with Crippen LogP contribution in [0.1, 0.15) is 40.2 Å². The van der Waals surface area contributed by atoms with Crippen LogP contribution in [0.25, 0.3) is 0 Å². The summed E-state index contributed by atoms with van der Waals surface area (Å²) in [6.07, 6.45) is 0.534. The molecule has 0 fully saturated rings. The van der Waals surface area contributed by atoms with Gasteiger partial charge in [-0.3, -0.25) is 9.59 Å². The first kappa shape index (κ1) is 15.9. The first-order chi connectivity index (χ1) is 11.1. The lowest BCUT2D eigenvalue weighted by atomic mass is 9.97. The Kier molecular flexibility index (Phi) is 4.88. The van der Waals surface area contributed by atoms with Gasteiger partial charge in [-0.2, -0.15) is 0 Å². The van der Waals surface area contributed by atoms with Crippen LogP contribution in [0.3, 0.4) is 0 Å². The van der Waals surface area contributed by atoms with Gasteiger partial charge in [0.25, 0.3) is 5.91 Å². The van der Waals surface area contributed by atoms with Crippen LogP contribution < -0.4 is 5.32 Å². The molecule has 1 amide bonds. The molecule has 2 aromatic rings. The van der Waals surface area contributed by atoms with Crippen LogP contribution in [0.15, 0.2) is 41.8 Å². The summed E-state index contributed by atoms with van der Waals surface area (Å²) in [6, 6.07) is 11.3. The predicted octanol–water partition coefficient (Wildman–Crippen LogP) is 3.14. The number of fused-ring (bicyclic) bond motifs is 1. The van der Waals surface area contributed by atoms with E-state index in [2.05, 4.69) is 5.32 Å². The number of ether oxygens (including phenoxy) is 1. The van der Waals surface area contributed by atoms with Gasteiger partial charge in [0.15, 0.2) is 11.9 Å². The van der Waals surface area contributed by atoms with Crippen LogP contribution in [0, 0.1) is 0 Å². The summed E-state index contributed by atoms with van der Waals surface area (Å²) in [6.45, 7) is 2.38. The maximum absolute atomic E-state index is 12.5. The van der Waals surface area contributed by atoms with Crippen molar-refractivity contribution in [1.82, 2.24) is 5.32 Å². The van der Waals surface area contributed by atoms with Crippen molar-refractivity contribution < 1.29 is 14.3 Å². The Morgan fingerprint density at radius 2 is 2.13 bits per heavy atom. The Morgan fingerprint density at radius 1 is 1.30 bits per heavy atom. The molecule has 4 nitrogen and oxygen atoms in total. The Bertz CT molecular complexity index is 696. The number of rotatable bonds is 5. The molecule has 1 aromatic carbocycles. The summed E-state index contributed by atoms with van der Waals surface area (Å²) < 4.78 is 5.65. The number of hydrogen-bond donors (Lipinski definition) is 1. The fraction of sp³-hybridized carbons (Fsp3) is 0.333. The third-order valence-electron chi connectivity index (χ3n) is 3.91. The number of carbonyl (C=O) groups excluding carboxylic acids is 2. The van der Waals surface area contributed by atoms with Crippen molar-refractivity contribution in [2.75, 3.05) is 6.61 Å². The molecule has 0 spiro atoms. The second kappa shape index (κ2) is 7.06. The lowest BCUT2D eigenvalue weighted by molar-refractivity contribution is -0.134. The van der Waals surface area contributed by atoms with E-state index in [0.29, 0.717) is 13.0 Å². The number of benzene rings is 1. The highest BCUT2D eigenvalue weighted by molar-refractivity contribution is 7.12. The van der Waals surface area contributed by atoms with Crippen LogP contribution in [-0.2, 0) is 16.0 Å². The van der Waals surface area contributed by atoms with Gasteiger partial charge in [0, 0.05) is 12.5 Å². The third-order valence-corrected chi connectivity index (χ3v) is 4.82. The molecule has 0 saturated carbocycles. The van der Waals surface area contributed by atoms with Crippen molar-refractivity contribution in [3.8, 4) is 0 Å². The number of Topliss-reactive ketones (excluding diaryl/α,β-unsaturated/α-hetero) is 1. The predicted molar refractivity (Wildman–Crippen MR) is 89.7 cm³/mol. The van der Waals surface area contributed by atoms with Gasteiger partial charge in [-0.1, -0.05) is 30.3 Å². The highest BCUT2D eigenvalue weighted by Gasteiger charge is 2.28. The summed E-state index contributed by atoms with van der Waals surface area (Å²) in [7, 11) is 0. The molecular weight excluding hydrogens is 310 g/mol. The largest absolute Gasteiger partial charge is 0.363 e. The van der Waals surface area contributed by atoms with E-state index in [1.807, 2.05) is 48.7 Å². The zero-order valence-electron chi connectivity index (χ0n) is 13.0. The highest BCUT2D eigenvalue weighted by atomic mass is 32.1. The van der Waals surface area contributed by atoms with E-state index in [9.17, 15) is 9.59 Å². The molecule has 2 heterocycles. The molecule has 1 aromatic heterocycles. The van der Waals surface area contributed by atoms with Crippen LogP contribution in [0.4, 0.5) is 0 Å². The normalized spacial score (nSPS) is 18.0. The summed E-state index contributed by atoms with van der Waals surface area (Å²) in [5.41, 5.74) is 2.08. The molecule has 0 unspecified atom stereocenters. The fourth-order valence-electron chi connectivity index (χ4n) is 2.80. The zero-order chi connectivity index (χ0) is 16.2. The molecule has 0 aliphatic carbocycles. The number of thiophene rings is 1. The standard InChI is InChI=1S/C18H19NO3S/c1-12(11-15(20)16-7-4-10-23-16)19-18(21)17-14-6-3-2-5-13(14)8-9-22-17/h2-7,10,12,17H,8-9,11H2,1H3,(H,19,21)/t12-,17+/m0/s1. The highest BCUT2D eigenvalue weighted by Crippen LogP contribution is 2.27. The van der Waals surface area contributed by atoms with Crippen molar-refractivity contribution >= 4 is 23.0 Å². The van der Waals surface area contributed by atoms with E-state index >= 15 is 0 Å². The molecule has 0 saturated heterocycles. The minimum atomic E-state index is -0.584. The second-order valence-electron chi connectivity index (χ2n) is 5.71. The fourth-order valence-corrected chi connectivity index (χ4v) is 3.47. The van der Waals surface area contributed by atoms with Gasteiger partial charge in [-0.25, -0.2) is 0 Å². The molecule has 2 atom stereocenters. The van der Waals surface area contributed by atoms with Gasteiger partial charge in [0.2, 0.25) is 0 Å². The average Bonchev–Trinajstić information content (AvgIpc) is 3.08. The summed E-state index contributed by atoms with van der Waals surface area (Å²) in [5, 5.41) is 4.78. The lowest BCUT2D eigenvalue weighted by Crippen LogP contribution is -2.39. The SMILES string of the molecule is C[C@@H](CC(=O)c1cccs1)NC(=O)[C@@H]1OCCc2ccccc21. The van der Waals surface area contributed by atoms with E-state index in [4.69, 9.17) is 4.74 Å². The minimum absolute atomic E-state index is 0.0535. The number of carbonyl (C=O) groups is 2. The molecule has 1 aliphatic rings. The van der Waals surface area contributed by atoms with Crippen LogP contribution >= 0.6 is 11.3 Å².